The summed E-state index contributed by atoms with van der Waals surface area (Å²) in [5.41, 5.74) is 1.41. The Kier molecular flexibility index (Phi) is 4.53. The predicted molar refractivity (Wildman–Crippen MR) is 72.7 cm³/mol. The fourth-order valence-corrected chi connectivity index (χ4v) is 2.35. The zero-order chi connectivity index (χ0) is 14.6. The van der Waals surface area contributed by atoms with Gasteiger partial charge in [-0.05, 0) is 17.7 Å². The number of hydrogen-bond donors (Lipinski definition) is 2. The summed E-state index contributed by atoms with van der Waals surface area (Å²) in [7, 11) is -3.21. The fraction of sp³-hybridized carbons (Fsp3) is 0.308. The van der Waals surface area contributed by atoms with Gasteiger partial charge < -0.3 is 14.9 Å². The molecule has 0 aliphatic rings. The molecule has 1 atom stereocenters. The standard InChI is InChI=1S/C13H16N2O4S/c1-20(17,18)12-4-2-10(3-5-12)13(16)9-14-8-11-6-7-19-15-11/h2-7,13-14,16H,8-9H2,1H3. The first-order chi connectivity index (χ1) is 9.47. The number of nitrogens with zero attached hydrogens (tertiary/aromatic N) is 1. The van der Waals surface area contributed by atoms with Gasteiger partial charge in [-0.25, -0.2) is 8.42 Å². The third-order valence-electron chi connectivity index (χ3n) is 2.83. The molecule has 7 heteroatoms. The van der Waals surface area contributed by atoms with Crippen LogP contribution in [0, 0.1) is 0 Å². The number of benzene rings is 1. The van der Waals surface area contributed by atoms with Crippen LogP contribution in [0.3, 0.4) is 0 Å². The minimum Gasteiger partial charge on any atom is -0.387 e. The van der Waals surface area contributed by atoms with Crippen LogP contribution in [0.25, 0.3) is 0 Å². The van der Waals surface area contributed by atoms with Crippen molar-refractivity contribution in [3.05, 3.63) is 47.9 Å². The van der Waals surface area contributed by atoms with Crippen LogP contribution in [0.5, 0.6) is 0 Å². The van der Waals surface area contributed by atoms with Crippen molar-refractivity contribution in [2.24, 2.45) is 0 Å². The summed E-state index contributed by atoms with van der Waals surface area (Å²) in [5.74, 6) is 0. The van der Waals surface area contributed by atoms with E-state index in [-0.39, 0.29) is 4.90 Å². The van der Waals surface area contributed by atoms with Gasteiger partial charge in [0.05, 0.1) is 16.7 Å². The largest absolute Gasteiger partial charge is 0.387 e. The molecule has 0 amide bonds. The maximum absolute atomic E-state index is 11.3. The highest BCUT2D eigenvalue weighted by molar-refractivity contribution is 7.90. The number of rotatable bonds is 6. The monoisotopic (exact) mass is 296 g/mol. The van der Waals surface area contributed by atoms with Crippen molar-refractivity contribution in [2.75, 3.05) is 12.8 Å². The average Bonchev–Trinajstić information content (AvgIpc) is 2.91. The van der Waals surface area contributed by atoms with E-state index in [9.17, 15) is 13.5 Å². The van der Waals surface area contributed by atoms with Gasteiger partial charge in [-0.15, -0.1) is 0 Å². The highest BCUT2D eigenvalue weighted by Crippen LogP contribution is 2.16. The molecule has 1 aromatic heterocycles. The predicted octanol–water partition coefficient (Wildman–Crippen LogP) is 0.901. The molecule has 108 valence electrons. The first-order valence-electron chi connectivity index (χ1n) is 6.05. The van der Waals surface area contributed by atoms with Crippen molar-refractivity contribution < 1.29 is 18.0 Å². The molecule has 1 aromatic carbocycles. The fourth-order valence-electron chi connectivity index (χ4n) is 1.72. The molecule has 0 saturated heterocycles. The van der Waals surface area contributed by atoms with Crippen LogP contribution in [-0.4, -0.2) is 31.5 Å². The molecule has 2 N–H and O–H groups in total. The second-order valence-corrected chi connectivity index (χ2v) is 6.49. The Morgan fingerprint density at radius 1 is 1.30 bits per heavy atom. The smallest absolute Gasteiger partial charge is 0.175 e. The van der Waals surface area contributed by atoms with E-state index in [4.69, 9.17) is 4.52 Å². The SMILES string of the molecule is CS(=O)(=O)c1ccc(C(O)CNCc2ccon2)cc1. The number of aromatic nitrogens is 1. The zero-order valence-electron chi connectivity index (χ0n) is 11.0. The van der Waals surface area contributed by atoms with Gasteiger partial charge in [0.15, 0.2) is 9.84 Å². The molecule has 20 heavy (non-hydrogen) atoms. The van der Waals surface area contributed by atoms with Crippen LogP contribution in [0.1, 0.15) is 17.4 Å². The van der Waals surface area contributed by atoms with E-state index >= 15 is 0 Å². The summed E-state index contributed by atoms with van der Waals surface area (Å²) in [6, 6.07) is 7.94. The summed E-state index contributed by atoms with van der Waals surface area (Å²) in [6.07, 6.45) is 1.92. The number of aliphatic hydroxyl groups excluding tert-OH is 1. The molecule has 1 unspecified atom stereocenters. The summed E-state index contributed by atoms with van der Waals surface area (Å²) in [4.78, 5) is 0.240. The Labute approximate surface area is 117 Å². The zero-order valence-corrected chi connectivity index (χ0v) is 11.8. The Morgan fingerprint density at radius 3 is 2.55 bits per heavy atom. The van der Waals surface area contributed by atoms with Gasteiger partial charge in [0.1, 0.15) is 6.26 Å². The molecular weight excluding hydrogens is 280 g/mol. The Bertz CT molecular complexity index is 636. The summed E-state index contributed by atoms with van der Waals surface area (Å²) in [6.45, 7) is 0.833. The summed E-state index contributed by atoms with van der Waals surface area (Å²) < 4.78 is 27.3. The van der Waals surface area contributed by atoms with Gasteiger partial charge in [0.25, 0.3) is 0 Å². The van der Waals surface area contributed by atoms with Gasteiger partial charge in [0.2, 0.25) is 0 Å². The van der Waals surface area contributed by atoms with Gasteiger partial charge in [0, 0.05) is 25.4 Å². The highest BCUT2D eigenvalue weighted by Gasteiger charge is 2.10. The van der Waals surface area contributed by atoms with E-state index in [1.807, 2.05) is 0 Å². The molecule has 0 fully saturated rings. The quantitative estimate of drug-likeness (QED) is 0.823. The first kappa shape index (κ1) is 14.7. The summed E-state index contributed by atoms with van der Waals surface area (Å²) >= 11 is 0. The molecule has 6 nitrogen and oxygen atoms in total. The van der Waals surface area contributed by atoms with Crippen molar-refractivity contribution in [3.8, 4) is 0 Å². The lowest BCUT2D eigenvalue weighted by atomic mass is 10.1. The second kappa shape index (κ2) is 6.17. The third kappa shape index (κ3) is 3.89. The van der Waals surface area contributed by atoms with Crippen molar-refractivity contribution in [2.45, 2.75) is 17.5 Å². The number of hydrogen-bond acceptors (Lipinski definition) is 6. The van der Waals surface area contributed by atoms with Crippen LogP contribution < -0.4 is 5.32 Å². The van der Waals surface area contributed by atoms with Crippen LogP contribution in [0.15, 0.2) is 46.0 Å². The van der Waals surface area contributed by atoms with E-state index in [1.54, 1.807) is 18.2 Å². The molecular formula is C13H16N2O4S. The normalized spacial score (nSPS) is 13.3. The van der Waals surface area contributed by atoms with Gasteiger partial charge >= 0.3 is 0 Å². The van der Waals surface area contributed by atoms with Crippen molar-refractivity contribution in [3.63, 3.8) is 0 Å². The maximum Gasteiger partial charge on any atom is 0.175 e. The lowest BCUT2D eigenvalue weighted by Gasteiger charge is -2.12. The van der Waals surface area contributed by atoms with Crippen LogP contribution in [-0.2, 0) is 16.4 Å². The Balaban J connectivity index is 1.90. The lowest BCUT2D eigenvalue weighted by molar-refractivity contribution is 0.174. The van der Waals surface area contributed by atoms with Crippen molar-refractivity contribution in [1.29, 1.82) is 0 Å². The van der Waals surface area contributed by atoms with E-state index in [1.165, 1.54) is 18.4 Å². The van der Waals surface area contributed by atoms with Crippen LogP contribution in [0.2, 0.25) is 0 Å². The molecule has 0 bridgehead atoms. The van der Waals surface area contributed by atoms with Crippen molar-refractivity contribution in [1.82, 2.24) is 10.5 Å². The molecule has 0 spiro atoms. The lowest BCUT2D eigenvalue weighted by Crippen LogP contribution is -2.21. The van der Waals surface area contributed by atoms with Crippen LogP contribution in [0.4, 0.5) is 0 Å². The minimum absolute atomic E-state index is 0.240. The number of nitrogens with one attached hydrogen (secondary N) is 1. The number of aliphatic hydroxyl groups is 1. The molecule has 2 aromatic rings. The highest BCUT2D eigenvalue weighted by atomic mass is 32.2. The number of sulfone groups is 1. The molecule has 0 saturated carbocycles. The molecule has 1 heterocycles. The molecule has 0 radical (unpaired) electrons. The Hall–Kier alpha value is -1.70. The van der Waals surface area contributed by atoms with Crippen molar-refractivity contribution >= 4 is 9.84 Å². The van der Waals surface area contributed by atoms with E-state index < -0.39 is 15.9 Å². The van der Waals surface area contributed by atoms with Crippen LogP contribution >= 0.6 is 0 Å². The Morgan fingerprint density at radius 2 is 2.00 bits per heavy atom. The topological polar surface area (TPSA) is 92.4 Å². The minimum atomic E-state index is -3.21. The van der Waals surface area contributed by atoms with Gasteiger partial charge in [-0.1, -0.05) is 17.3 Å². The average molecular weight is 296 g/mol. The molecule has 0 aliphatic carbocycles. The molecule has 2 rings (SSSR count). The maximum atomic E-state index is 11.3. The second-order valence-electron chi connectivity index (χ2n) is 4.48. The third-order valence-corrected chi connectivity index (χ3v) is 3.96. The van der Waals surface area contributed by atoms with E-state index in [0.717, 1.165) is 11.9 Å². The van der Waals surface area contributed by atoms with E-state index in [2.05, 4.69) is 10.5 Å². The van der Waals surface area contributed by atoms with Gasteiger partial charge in [-0.2, -0.15) is 0 Å². The van der Waals surface area contributed by atoms with E-state index in [0.29, 0.717) is 18.7 Å². The van der Waals surface area contributed by atoms with Gasteiger partial charge in [-0.3, -0.25) is 0 Å². The summed E-state index contributed by atoms with van der Waals surface area (Å²) in [5, 5.41) is 16.8. The first-order valence-corrected chi connectivity index (χ1v) is 7.94. The molecule has 0 aliphatic heterocycles.